The van der Waals surface area contributed by atoms with E-state index in [1.54, 1.807) is 0 Å². The van der Waals surface area contributed by atoms with Crippen molar-refractivity contribution < 1.29 is 45.1 Å². The molecule has 0 spiro atoms. The minimum atomic E-state index is -4.63. The van der Waals surface area contributed by atoms with E-state index in [1.165, 1.54) is 13.8 Å². The van der Waals surface area contributed by atoms with Gasteiger partial charge in [0.25, 0.3) is 18.3 Å². The lowest BCUT2D eigenvalue weighted by molar-refractivity contribution is -0.146. The van der Waals surface area contributed by atoms with E-state index in [2.05, 4.69) is 15.3 Å². The van der Waals surface area contributed by atoms with Crippen LogP contribution in [0.15, 0.2) is 12.3 Å². The highest BCUT2D eigenvalue weighted by molar-refractivity contribution is 7.17. The van der Waals surface area contributed by atoms with E-state index in [0.29, 0.717) is 24.2 Å². The molecule has 1 aliphatic heterocycles. The molecule has 0 radical (unpaired) electrons. The minimum absolute atomic E-state index is 0.0576. The second-order valence-electron chi connectivity index (χ2n) is 9.22. The second-order valence-corrected chi connectivity index (χ2v) is 10.2. The summed E-state index contributed by atoms with van der Waals surface area (Å²) in [7, 11) is 0. The number of anilines is 1. The number of hydrogen-bond acceptors (Lipinski definition) is 7. The van der Waals surface area contributed by atoms with Gasteiger partial charge in [0.2, 0.25) is 5.01 Å². The number of nitrogens with one attached hydrogen (secondary N) is 1. The van der Waals surface area contributed by atoms with Gasteiger partial charge in [-0.15, -0.1) is 11.3 Å². The van der Waals surface area contributed by atoms with Gasteiger partial charge in [0, 0.05) is 29.8 Å². The summed E-state index contributed by atoms with van der Waals surface area (Å²) < 4.78 is 101. The fourth-order valence-corrected chi connectivity index (χ4v) is 5.31. The summed E-state index contributed by atoms with van der Waals surface area (Å²) in [5, 5.41) is 1.80. The van der Waals surface area contributed by atoms with E-state index in [9.17, 15) is 40.3 Å². The van der Waals surface area contributed by atoms with Crippen molar-refractivity contribution in [3.63, 3.8) is 0 Å². The summed E-state index contributed by atoms with van der Waals surface area (Å²) in [6, 6.07) is -2.13. The number of carbonyl (C=O) groups excluding carboxylic acids is 2. The molecule has 7 nitrogen and oxygen atoms in total. The maximum Gasteiger partial charge on any atom is 0.408 e. The molecular weight excluding hydrogens is 545 g/mol. The summed E-state index contributed by atoms with van der Waals surface area (Å²) in [6.07, 6.45) is -6.96. The second kappa shape index (κ2) is 10.3. The number of pyridine rings is 1. The monoisotopic (exact) mass is 568 g/mol. The summed E-state index contributed by atoms with van der Waals surface area (Å²) in [6.45, 7) is 1.91. The number of halogens is 7. The maximum atomic E-state index is 14.1. The van der Waals surface area contributed by atoms with Crippen molar-refractivity contribution in [3.05, 3.63) is 28.5 Å². The normalized spacial score (nSPS) is 20.1. The highest BCUT2D eigenvalue weighted by Gasteiger charge is 2.49. The number of carbonyl (C=O) groups is 2. The molecule has 0 bridgehead atoms. The molecule has 1 saturated heterocycles. The SMILES string of the molecule is CCOC(=O)c1nc(C(=O)N2CC(F)(F)CC2C)c(-c2cnc(N[C@@H](C3CC3)C(F)(F)F)cc2C(F)F)s1. The summed E-state index contributed by atoms with van der Waals surface area (Å²) >= 11 is 0.525. The number of thiazole rings is 1. The molecule has 2 aliphatic rings. The van der Waals surface area contributed by atoms with Crippen LogP contribution in [-0.2, 0) is 4.74 Å². The van der Waals surface area contributed by atoms with E-state index < -0.39 is 78.4 Å². The molecule has 2 atom stereocenters. The Labute approximate surface area is 216 Å². The number of aromatic nitrogens is 2. The van der Waals surface area contributed by atoms with Crippen molar-refractivity contribution in [1.29, 1.82) is 0 Å². The molecule has 2 fully saturated rings. The quantitative estimate of drug-likeness (QED) is 0.314. The third kappa shape index (κ3) is 5.86. The smallest absolute Gasteiger partial charge is 0.408 e. The third-order valence-electron chi connectivity index (χ3n) is 6.23. The molecule has 38 heavy (non-hydrogen) atoms. The summed E-state index contributed by atoms with van der Waals surface area (Å²) in [4.78, 5) is 33.9. The molecule has 0 aromatic carbocycles. The number of esters is 1. The average Bonchev–Trinajstić information content (AvgIpc) is 3.48. The Hall–Kier alpha value is -2.97. The Kier molecular flexibility index (Phi) is 7.60. The lowest BCUT2D eigenvalue weighted by Gasteiger charge is -2.23. The fraction of sp³-hybridized carbons (Fsp3) is 0.565. The van der Waals surface area contributed by atoms with Crippen LogP contribution in [0.3, 0.4) is 0 Å². The standard InChI is InChI=1S/C23H23F7N4O3S/c1-3-37-21(36)19-33-15(20(35)34-9-22(26,27)7-10(34)2)16(38-19)13-8-31-14(6-12(13)18(24)25)32-17(11-4-5-11)23(28,29)30/h6,8,10-11,17-18H,3-5,7,9H2,1-2H3,(H,31,32)/t10?,17-/m0/s1. The van der Waals surface area contributed by atoms with E-state index in [-0.39, 0.29) is 22.1 Å². The van der Waals surface area contributed by atoms with Crippen molar-refractivity contribution in [2.45, 2.75) is 63.7 Å². The molecule has 4 rings (SSSR count). The van der Waals surface area contributed by atoms with Gasteiger partial charge in [-0.3, -0.25) is 4.79 Å². The minimum Gasteiger partial charge on any atom is -0.461 e. The van der Waals surface area contributed by atoms with E-state index in [4.69, 9.17) is 4.74 Å². The van der Waals surface area contributed by atoms with Gasteiger partial charge in [0.1, 0.15) is 17.6 Å². The molecule has 1 N–H and O–H groups in total. The van der Waals surface area contributed by atoms with Crippen LogP contribution in [0.4, 0.5) is 36.6 Å². The van der Waals surface area contributed by atoms with Crippen molar-refractivity contribution in [1.82, 2.24) is 14.9 Å². The van der Waals surface area contributed by atoms with Crippen LogP contribution in [0.1, 0.15) is 65.4 Å². The molecule has 15 heteroatoms. The zero-order valence-corrected chi connectivity index (χ0v) is 20.9. The number of amides is 1. The van der Waals surface area contributed by atoms with Crippen molar-refractivity contribution in [2.24, 2.45) is 5.92 Å². The van der Waals surface area contributed by atoms with E-state index in [1.807, 2.05) is 0 Å². The van der Waals surface area contributed by atoms with Crippen LogP contribution < -0.4 is 5.32 Å². The number of alkyl halides is 7. The molecule has 1 aliphatic carbocycles. The lowest BCUT2D eigenvalue weighted by Crippen LogP contribution is -2.38. The van der Waals surface area contributed by atoms with E-state index in [0.717, 1.165) is 17.2 Å². The summed E-state index contributed by atoms with van der Waals surface area (Å²) in [5.74, 6) is -6.29. The van der Waals surface area contributed by atoms with Crippen LogP contribution >= 0.6 is 11.3 Å². The molecule has 3 heterocycles. The molecule has 2 aromatic heterocycles. The highest BCUT2D eigenvalue weighted by Crippen LogP contribution is 2.43. The fourth-order valence-electron chi connectivity index (χ4n) is 4.32. The average molecular weight is 569 g/mol. The van der Waals surface area contributed by atoms with Crippen LogP contribution in [0, 0.1) is 5.92 Å². The molecule has 2 aromatic rings. The Balaban J connectivity index is 1.76. The highest BCUT2D eigenvalue weighted by atomic mass is 32.1. The van der Waals surface area contributed by atoms with Crippen molar-refractivity contribution in [3.8, 4) is 10.4 Å². The first-order chi connectivity index (χ1) is 17.7. The first-order valence-corrected chi connectivity index (χ1v) is 12.5. The van der Waals surface area contributed by atoms with Gasteiger partial charge in [-0.25, -0.2) is 32.3 Å². The number of ether oxygens (including phenoxy) is 1. The molecule has 1 saturated carbocycles. The maximum absolute atomic E-state index is 14.1. The van der Waals surface area contributed by atoms with Gasteiger partial charge >= 0.3 is 12.1 Å². The number of nitrogens with zero attached hydrogens (tertiary/aromatic N) is 3. The predicted octanol–water partition coefficient (Wildman–Crippen LogP) is 5.94. The Bertz CT molecular complexity index is 1220. The van der Waals surface area contributed by atoms with Gasteiger partial charge in [0.05, 0.1) is 18.0 Å². The Morgan fingerprint density at radius 2 is 1.97 bits per heavy atom. The van der Waals surface area contributed by atoms with Crippen molar-refractivity contribution in [2.75, 3.05) is 18.5 Å². The summed E-state index contributed by atoms with van der Waals surface area (Å²) in [5.41, 5.74) is -1.67. The van der Waals surface area contributed by atoms with Crippen LogP contribution in [0.2, 0.25) is 0 Å². The van der Waals surface area contributed by atoms with Gasteiger partial charge in [-0.05, 0) is 38.7 Å². The van der Waals surface area contributed by atoms with Gasteiger partial charge < -0.3 is 15.0 Å². The molecular formula is C23H23F7N4O3S. The first kappa shape index (κ1) is 28.0. The number of hydrogen-bond donors (Lipinski definition) is 1. The number of rotatable bonds is 8. The molecule has 1 unspecified atom stereocenters. The van der Waals surface area contributed by atoms with E-state index >= 15 is 0 Å². The Morgan fingerprint density at radius 3 is 2.50 bits per heavy atom. The molecule has 208 valence electrons. The number of likely N-dealkylation sites (tertiary alicyclic amines) is 1. The van der Waals surface area contributed by atoms with Gasteiger partial charge in [0.15, 0.2) is 0 Å². The zero-order valence-electron chi connectivity index (χ0n) is 20.1. The van der Waals surface area contributed by atoms with Gasteiger partial charge in [-0.1, -0.05) is 0 Å². The van der Waals surface area contributed by atoms with Crippen molar-refractivity contribution >= 4 is 29.0 Å². The largest absolute Gasteiger partial charge is 0.461 e. The van der Waals surface area contributed by atoms with Crippen LogP contribution in [0.25, 0.3) is 10.4 Å². The Morgan fingerprint density at radius 1 is 1.29 bits per heavy atom. The van der Waals surface area contributed by atoms with Gasteiger partial charge in [-0.2, -0.15) is 13.2 Å². The first-order valence-electron chi connectivity index (χ1n) is 11.7. The zero-order chi connectivity index (χ0) is 28.0. The third-order valence-corrected chi connectivity index (χ3v) is 7.30. The topological polar surface area (TPSA) is 84.4 Å². The lowest BCUT2D eigenvalue weighted by atomic mass is 10.1. The molecule has 1 amide bonds. The van der Waals surface area contributed by atoms with Crippen LogP contribution in [-0.4, -0.2) is 64.1 Å². The van der Waals surface area contributed by atoms with Crippen LogP contribution in [0.5, 0.6) is 0 Å². The predicted molar refractivity (Wildman–Crippen MR) is 123 cm³/mol.